The lowest BCUT2D eigenvalue weighted by Gasteiger charge is -2.02. The lowest BCUT2D eigenvalue weighted by molar-refractivity contribution is -0.120. The van der Waals surface area contributed by atoms with Crippen LogP contribution in [0.15, 0.2) is 0 Å². The largest absolute Gasteiger partial charge is 0.356 e. The molecule has 0 unspecified atom stereocenters. The highest BCUT2D eigenvalue weighted by Crippen LogP contribution is 2.04. The van der Waals surface area contributed by atoms with Gasteiger partial charge in [-0.1, -0.05) is 18.7 Å². The second-order valence-electron chi connectivity index (χ2n) is 2.75. The van der Waals surface area contributed by atoms with Crippen molar-refractivity contribution in [2.75, 3.05) is 12.3 Å². The van der Waals surface area contributed by atoms with Crippen molar-refractivity contribution in [1.82, 2.24) is 5.32 Å². The summed E-state index contributed by atoms with van der Waals surface area (Å²) in [5, 5.41) is 2.95. The fourth-order valence-electron chi connectivity index (χ4n) is 0.796. The molecule has 0 spiro atoms. The van der Waals surface area contributed by atoms with Crippen LogP contribution in [0.1, 0.15) is 33.1 Å². The number of rotatable bonds is 6. The first-order valence-electron chi connectivity index (χ1n) is 4.57. The molecule has 0 aromatic heterocycles. The molecule has 0 rings (SSSR count). The smallest absolute Gasteiger partial charge is 0.219 e. The maximum atomic E-state index is 10.8. The van der Waals surface area contributed by atoms with E-state index in [1.54, 1.807) is 6.92 Å². The second-order valence-corrected chi connectivity index (χ2v) is 4.02. The van der Waals surface area contributed by atoms with Crippen LogP contribution in [0.3, 0.4) is 0 Å². The third kappa shape index (κ3) is 9.40. The molecule has 0 aromatic rings. The Bertz CT molecular complexity index is 171. The third-order valence-electron chi connectivity index (χ3n) is 1.52. The Hall–Kier alpha value is -0.510. The van der Waals surface area contributed by atoms with Crippen LogP contribution in [0.25, 0.3) is 0 Å². The van der Waals surface area contributed by atoms with Crippen LogP contribution in [-0.4, -0.2) is 23.3 Å². The van der Waals surface area contributed by atoms with Crippen molar-refractivity contribution in [2.45, 2.75) is 33.1 Å². The summed E-state index contributed by atoms with van der Waals surface area (Å²) in [5.74, 6) is 0.955. The van der Waals surface area contributed by atoms with Crippen LogP contribution in [0, 0.1) is 0 Å². The SMILES string of the molecule is CCC(=O)NCCCCSC(C)=O. The minimum absolute atomic E-state index is 0.0965. The Morgan fingerprint density at radius 3 is 2.54 bits per heavy atom. The Balaban J connectivity index is 3.08. The quantitative estimate of drug-likeness (QED) is 0.667. The summed E-state index contributed by atoms with van der Waals surface area (Å²) in [4.78, 5) is 21.3. The molecule has 0 aromatic carbocycles. The molecule has 76 valence electrons. The average molecular weight is 203 g/mol. The minimum atomic E-state index is 0.0965. The van der Waals surface area contributed by atoms with E-state index in [-0.39, 0.29) is 11.0 Å². The molecule has 3 nitrogen and oxygen atoms in total. The molecule has 13 heavy (non-hydrogen) atoms. The topological polar surface area (TPSA) is 46.2 Å². The normalized spacial score (nSPS) is 9.69. The lowest BCUT2D eigenvalue weighted by atomic mass is 10.3. The number of carbonyl (C=O) groups excluding carboxylic acids is 2. The van der Waals surface area contributed by atoms with Crippen molar-refractivity contribution >= 4 is 22.8 Å². The predicted octanol–water partition coefficient (Wildman–Crippen LogP) is 1.57. The van der Waals surface area contributed by atoms with Crippen LogP contribution in [0.4, 0.5) is 0 Å². The zero-order valence-corrected chi connectivity index (χ0v) is 9.08. The molecule has 0 aliphatic carbocycles. The van der Waals surface area contributed by atoms with Gasteiger partial charge in [-0.15, -0.1) is 0 Å². The maximum Gasteiger partial charge on any atom is 0.219 e. The third-order valence-corrected chi connectivity index (χ3v) is 2.42. The van der Waals surface area contributed by atoms with Gasteiger partial charge < -0.3 is 5.32 Å². The second kappa shape index (κ2) is 8.10. The molecule has 4 heteroatoms. The summed E-state index contributed by atoms with van der Waals surface area (Å²) >= 11 is 1.34. The van der Waals surface area contributed by atoms with Gasteiger partial charge in [-0.3, -0.25) is 9.59 Å². The predicted molar refractivity (Wildman–Crippen MR) is 55.7 cm³/mol. The molecule has 0 aliphatic heterocycles. The standard InChI is InChI=1S/C9H17NO2S/c1-3-9(12)10-6-4-5-7-13-8(2)11/h3-7H2,1-2H3,(H,10,12). The van der Waals surface area contributed by atoms with Crippen LogP contribution in [0.5, 0.6) is 0 Å². The monoisotopic (exact) mass is 203 g/mol. The molecule has 0 heterocycles. The summed E-state index contributed by atoms with van der Waals surface area (Å²) in [6.07, 6.45) is 2.47. The van der Waals surface area contributed by atoms with E-state index < -0.39 is 0 Å². The molecule has 0 saturated carbocycles. The molecule has 0 radical (unpaired) electrons. The molecule has 0 atom stereocenters. The number of hydrogen-bond donors (Lipinski definition) is 1. The molecule has 0 bridgehead atoms. The first kappa shape index (κ1) is 12.5. The first-order chi connectivity index (χ1) is 6.16. The number of nitrogens with one attached hydrogen (secondary N) is 1. The summed E-state index contributed by atoms with van der Waals surface area (Å²) < 4.78 is 0. The summed E-state index contributed by atoms with van der Waals surface area (Å²) in [6, 6.07) is 0. The molecule has 0 aliphatic rings. The van der Waals surface area contributed by atoms with Crippen molar-refractivity contribution in [3.8, 4) is 0 Å². The van der Waals surface area contributed by atoms with Gasteiger partial charge in [-0.05, 0) is 12.8 Å². The fraction of sp³-hybridized carbons (Fsp3) is 0.778. The molecule has 0 fully saturated rings. The van der Waals surface area contributed by atoms with E-state index in [1.807, 2.05) is 6.92 Å². The van der Waals surface area contributed by atoms with Gasteiger partial charge in [0.05, 0.1) is 0 Å². The van der Waals surface area contributed by atoms with E-state index >= 15 is 0 Å². The van der Waals surface area contributed by atoms with E-state index in [9.17, 15) is 9.59 Å². The van der Waals surface area contributed by atoms with Gasteiger partial charge in [0.1, 0.15) is 0 Å². The van der Waals surface area contributed by atoms with E-state index in [0.717, 1.165) is 25.1 Å². The maximum absolute atomic E-state index is 10.8. The van der Waals surface area contributed by atoms with Crippen LogP contribution >= 0.6 is 11.8 Å². The van der Waals surface area contributed by atoms with Gasteiger partial charge in [-0.2, -0.15) is 0 Å². The first-order valence-corrected chi connectivity index (χ1v) is 5.55. The minimum Gasteiger partial charge on any atom is -0.356 e. The molecule has 1 amide bonds. The molecular formula is C9H17NO2S. The van der Waals surface area contributed by atoms with Crippen molar-refractivity contribution in [3.63, 3.8) is 0 Å². The highest BCUT2D eigenvalue weighted by molar-refractivity contribution is 8.13. The average Bonchev–Trinajstić information content (AvgIpc) is 2.10. The van der Waals surface area contributed by atoms with E-state index in [1.165, 1.54) is 11.8 Å². The van der Waals surface area contributed by atoms with Gasteiger partial charge in [-0.25, -0.2) is 0 Å². The number of hydrogen-bond acceptors (Lipinski definition) is 3. The molecule has 0 saturated heterocycles. The molecular weight excluding hydrogens is 186 g/mol. The van der Waals surface area contributed by atoms with E-state index in [2.05, 4.69) is 5.32 Å². The van der Waals surface area contributed by atoms with Crippen LogP contribution in [-0.2, 0) is 9.59 Å². The van der Waals surface area contributed by atoms with Gasteiger partial charge in [0.15, 0.2) is 5.12 Å². The van der Waals surface area contributed by atoms with Crippen LogP contribution in [0.2, 0.25) is 0 Å². The lowest BCUT2D eigenvalue weighted by Crippen LogP contribution is -2.23. The van der Waals surface area contributed by atoms with Gasteiger partial charge >= 0.3 is 0 Å². The Labute approximate surface area is 83.7 Å². The number of carbonyl (C=O) groups is 2. The van der Waals surface area contributed by atoms with Crippen molar-refractivity contribution < 1.29 is 9.59 Å². The van der Waals surface area contributed by atoms with Crippen molar-refractivity contribution in [3.05, 3.63) is 0 Å². The van der Waals surface area contributed by atoms with Crippen LogP contribution < -0.4 is 5.32 Å². The Kier molecular flexibility index (Phi) is 7.79. The number of amides is 1. The van der Waals surface area contributed by atoms with E-state index in [0.29, 0.717) is 6.42 Å². The van der Waals surface area contributed by atoms with Crippen molar-refractivity contribution in [2.24, 2.45) is 0 Å². The van der Waals surface area contributed by atoms with Gasteiger partial charge in [0, 0.05) is 25.6 Å². The zero-order valence-electron chi connectivity index (χ0n) is 8.26. The fourth-order valence-corrected chi connectivity index (χ4v) is 1.43. The van der Waals surface area contributed by atoms with Gasteiger partial charge in [0.25, 0.3) is 0 Å². The summed E-state index contributed by atoms with van der Waals surface area (Å²) in [5.41, 5.74) is 0. The summed E-state index contributed by atoms with van der Waals surface area (Å²) in [7, 11) is 0. The Morgan fingerprint density at radius 2 is 2.00 bits per heavy atom. The zero-order chi connectivity index (χ0) is 10.1. The highest BCUT2D eigenvalue weighted by Gasteiger charge is 1.96. The summed E-state index contributed by atoms with van der Waals surface area (Å²) in [6.45, 7) is 4.13. The molecule has 1 N–H and O–H groups in total. The number of thioether (sulfide) groups is 1. The van der Waals surface area contributed by atoms with Gasteiger partial charge in [0.2, 0.25) is 5.91 Å². The van der Waals surface area contributed by atoms with E-state index in [4.69, 9.17) is 0 Å². The Morgan fingerprint density at radius 1 is 1.31 bits per heavy atom. The number of unbranched alkanes of at least 4 members (excludes halogenated alkanes) is 1. The highest BCUT2D eigenvalue weighted by atomic mass is 32.2. The van der Waals surface area contributed by atoms with Crippen molar-refractivity contribution in [1.29, 1.82) is 0 Å².